The first-order valence-electron chi connectivity index (χ1n) is 8.96. The zero-order valence-corrected chi connectivity index (χ0v) is 16.1. The van der Waals surface area contributed by atoms with Crippen molar-refractivity contribution in [3.63, 3.8) is 0 Å². The minimum Gasteiger partial charge on any atom is -0.381 e. The van der Waals surface area contributed by atoms with Crippen molar-refractivity contribution < 1.29 is 32.4 Å². The number of ether oxygens (including phenoxy) is 1. The van der Waals surface area contributed by atoms with E-state index in [1.54, 1.807) is 30.3 Å². The number of imide groups is 1. The molecule has 1 saturated heterocycles. The third-order valence-electron chi connectivity index (χ3n) is 5.17. The van der Waals surface area contributed by atoms with Crippen molar-refractivity contribution in [3.8, 4) is 0 Å². The second kappa shape index (κ2) is 7.09. The number of amides is 2. The molecular formula is C20H17NO7S. The summed E-state index contributed by atoms with van der Waals surface area (Å²) < 4.78 is 30.0. The van der Waals surface area contributed by atoms with Gasteiger partial charge in [0.05, 0.1) is 16.0 Å². The SMILES string of the molecule is O=C1c2ccccc2C(=O)N1OC(=O)C1(S(=O)(=O)c2ccccc2)CCOCC1. The van der Waals surface area contributed by atoms with Crippen molar-refractivity contribution >= 4 is 27.6 Å². The maximum Gasteiger partial charge on any atom is 0.354 e. The Bertz CT molecular complexity index is 1050. The molecule has 0 radical (unpaired) electrons. The third kappa shape index (κ3) is 2.93. The summed E-state index contributed by atoms with van der Waals surface area (Å²) in [5.74, 6) is -2.78. The Balaban J connectivity index is 1.70. The molecule has 0 N–H and O–H groups in total. The van der Waals surface area contributed by atoms with E-state index in [1.807, 2.05) is 0 Å². The maximum absolute atomic E-state index is 13.4. The van der Waals surface area contributed by atoms with Crippen molar-refractivity contribution in [2.24, 2.45) is 0 Å². The molecule has 29 heavy (non-hydrogen) atoms. The molecule has 0 bridgehead atoms. The highest BCUT2D eigenvalue weighted by Gasteiger charge is 2.55. The molecule has 2 heterocycles. The summed E-state index contributed by atoms with van der Waals surface area (Å²) in [5, 5.41) is 0.338. The number of carbonyl (C=O) groups is 3. The van der Waals surface area contributed by atoms with Crippen LogP contribution in [0.2, 0.25) is 0 Å². The number of fused-ring (bicyclic) bond motifs is 1. The fourth-order valence-electron chi connectivity index (χ4n) is 3.53. The molecule has 2 aliphatic rings. The Hall–Kier alpha value is -3.04. The van der Waals surface area contributed by atoms with Crippen LogP contribution in [0.25, 0.3) is 0 Å². The summed E-state index contributed by atoms with van der Waals surface area (Å²) >= 11 is 0. The van der Waals surface area contributed by atoms with E-state index < -0.39 is 32.4 Å². The molecule has 0 aliphatic carbocycles. The van der Waals surface area contributed by atoms with Gasteiger partial charge in [0.15, 0.2) is 14.6 Å². The number of rotatable bonds is 4. The van der Waals surface area contributed by atoms with Crippen molar-refractivity contribution in [3.05, 3.63) is 65.7 Å². The number of hydroxylamine groups is 2. The Morgan fingerprint density at radius 1 is 0.897 bits per heavy atom. The van der Waals surface area contributed by atoms with E-state index in [9.17, 15) is 22.8 Å². The zero-order chi connectivity index (χ0) is 20.6. The van der Waals surface area contributed by atoms with Gasteiger partial charge in [-0.1, -0.05) is 35.4 Å². The van der Waals surface area contributed by atoms with E-state index in [1.165, 1.54) is 24.3 Å². The van der Waals surface area contributed by atoms with Gasteiger partial charge in [0, 0.05) is 26.1 Å². The van der Waals surface area contributed by atoms with Crippen LogP contribution >= 0.6 is 0 Å². The predicted molar refractivity (Wildman–Crippen MR) is 99.4 cm³/mol. The Labute approximate surface area is 166 Å². The molecule has 0 spiro atoms. The van der Waals surface area contributed by atoms with Gasteiger partial charge in [-0.3, -0.25) is 9.59 Å². The Morgan fingerprint density at radius 3 is 1.97 bits per heavy atom. The molecule has 9 heteroatoms. The zero-order valence-electron chi connectivity index (χ0n) is 15.2. The van der Waals surface area contributed by atoms with Gasteiger partial charge in [-0.05, 0) is 24.3 Å². The normalized spacial score (nSPS) is 18.4. The molecule has 8 nitrogen and oxygen atoms in total. The molecule has 0 saturated carbocycles. The van der Waals surface area contributed by atoms with Crippen molar-refractivity contribution in [1.82, 2.24) is 5.06 Å². The molecule has 2 aliphatic heterocycles. The predicted octanol–water partition coefficient (Wildman–Crippen LogP) is 1.76. The van der Waals surface area contributed by atoms with E-state index >= 15 is 0 Å². The van der Waals surface area contributed by atoms with Crippen LogP contribution in [0.1, 0.15) is 33.6 Å². The molecule has 0 aromatic heterocycles. The lowest BCUT2D eigenvalue weighted by Gasteiger charge is -2.34. The number of carbonyl (C=O) groups excluding carboxylic acids is 3. The van der Waals surface area contributed by atoms with Crippen molar-refractivity contribution in [2.45, 2.75) is 22.5 Å². The number of sulfone groups is 1. The average Bonchev–Trinajstić information content (AvgIpc) is 3.00. The molecule has 4 rings (SSSR count). The van der Waals surface area contributed by atoms with Gasteiger partial charge < -0.3 is 9.57 Å². The first kappa shape index (κ1) is 19.3. The number of benzene rings is 2. The van der Waals surface area contributed by atoms with Gasteiger partial charge in [-0.15, -0.1) is 0 Å². The van der Waals surface area contributed by atoms with Gasteiger partial charge in [0.25, 0.3) is 11.8 Å². The standard InChI is InChI=1S/C20H17NO7S/c22-17-15-8-4-5-9-16(15)18(23)21(17)28-19(24)20(10-12-27-13-11-20)29(25,26)14-6-2-1-3-7-14/h1-9H,10-13H2. The molecule has 2 aromatic carbocycles. The van der Waals surface area contributed by atoms with Crippen LogP contribution in [0.4, 0.5) is 0 Å². The summed E-state index contributed by atoms with van der Waals surface area (Å²) in [6.07, 6.45) is -0.293. The minimum absolute atomic E-state index is 0.0310. The molecule has 150 valence electrons. The molecule has 0 unspecified atom stereocenters. The van der Waals surface area contributed by atoms with E-state index in [4.69, 9.17) is 9.57 Å². The lowest BCUT2D eigenvalue weighted by molar-refractivity contribution is -0.174. The lowest BCUT2D eigenvalue weighted by atomic mass is 9.99. The van der Waals surface area contributed by atoms with Gasteiger partial charge in [0.1, 0.15) is 0 Å². The van der Waals surface area contributed by atoms with Gasteiger partial charge >= 0.3 is 5.97 Å². The first-order chi connectivity index (χ1) is 13.9. The van der Waals surface area contributed by atoms with E-state index in [0.717, 1.165) is 0 Å². The number of nitrogens with zero attached hydrogens (tertiary/aromatic N) is 1. The lowest BCUT2D eigenvalue weighted by Crippen LogP contribution is -2.53. The van der Waals surface area contributed by atoms with Crippen molar-refractivity contribution in [2.75, 3.05) is 13.2 Å². The summed E-state index contributed by atoms with van der Waals surface area (Å²) in [6, 6.07) is 13.6. The molecular weight excluding hydrogens is 398 g/mol. The smallest absolute Gasteiger partial charge is 0.354 e. The monoisotopic (exact) mass is 415 g/mol. The summed E-state index contributed by atoms with van der Waals surface area (Å²) in [4.78, 5) is 43.2. The quantitative estimate of drug-likeness (QED) is 0.701. The van der Waals surface area contributed by atoms with E-state index in [-0.39, 0.29) is 42.1 Å². The summed E-state index contributed by atoms with van der Waals surface area (Å²) in [6.45, 7) is 0.0621. The minimum atomic E-state index is -4.17. The summed E-state index contributed by atoms with van der Waals surface area (Å²) in [7, 11) is -4.17. The van der Waals surface area contributed by atoms with Gasteiger partial charge in [0.2, 0.25) is 0 Å². The highest BCUT2D eigenvalue weighted by Crippen LogP contribution is 2.37. The van der Waals surface area contributed by atoms with Gasteiger partial charge in [-0.2, -0.15) is 0 Å². The van der Waals surface area contributed by atoms with Crippen molar-refractivity contribution in [1.29, 1.82) is 0 Å². The first-order valence-corrected chi connectivity index (χ1v) is 10.4. The molecule has 1 fully saturated rings. The van der Waals surface area contributed by atoms with Crippen LogP contribution in [0, 0.1) is 0 Å². The fraction of sp³-hybridized carbons (Fsp3) is 0.250. The highest BCUT2D eigenvalue weighted by atomic mass is 32.2. The van der Waals surface area contributed by atoms with Crippen LogP contribution in [0.5, 0.6) is 0 Å². The van der Waals surface area contributed by atoms with Crippen LogP contribution < -0.4 is 0 Å². The van der Waals surface area contributed by atoms with E-state index in [2.05, 4.69) is 0 Å². The number of hydrogen-bond acceptors (Lipinski definition) is 7. The fourth-order valence-corrected chi connectivity index (χ4v) is 5.45. The number of hydrogen-bond donors (Lipinski definition) is 0. The Morgan fingerprint density at radius 2 is 1.41 bits per heavy atom. The summed E-state index contributed by atoms with van der Waals surface area (Å²) in [5.41, 5.74) is 0.189. The van der Waals surface area contributed by atoms with Crippen LogP contribution in [0.3, 0.4) is 0 Å². The average molecular weight is 415 g/mol. The van der Waals surface area contributed by atoms with Crippen LogP contribution in [0.15, 0.2) is 59.5 Å². The second-order valence-corrected chi connectivity index (χ2v) is 9.01. The second-order valence-electron chi connectivity index (χ2n) is 6.75. The van der Waals surface area contributed by atoms with Crippen LogP contribution in [-0.4, -0.2) is 49.2 Å². The molecule has 0 atom stereocenters. The van der Waals surface area contributed by atoms with Gasteiger partial charge in [-0.25, -0.2) is 13.2 Å². The van der Waals surface area contributed by atoms with E-state index in [0.29, 0.717) is 5.06 Å². The molecule has 2 amide bonds. The third-order valence-corrected chi connectivity index (χ3v) is 7.67. The maximum atomic E-state index is 13.4. The van der Waals surface area contributed by atoms with Crippen LogP contribution in [-0.2, 0) is 24.2 Å². The molecule has 2 aromatic rings. The topological polar surface area (TPSA) is 107 Å². The highest BCUT2D eigenvalue weighted by molar-refractivity contribution is 7.93. The Kier molecular flexibility index (Phi) is 4.71. The largest absolute Gasteiger partial charge is 0.381 e.